The second kappa shape index (κ2) is 8.27. The van der Waals surface area contributed by atoms with Crippen LogP contribution in [0.25, 0.3) is 28.2 Å². The summed E-state index contributed by atoms with van der Waals surface area (Å²) in [6, 6.07) is 15.1. The Kier molecular flexibility index (Phi) is 5.16. The third kappa shape index (κ3) is 3.85. The number of anilines is 2. The molecule has 32 heavy (non-hydrogen) atoms. The van der Waals surface area contributed by atoms with Crippen LogP contribution in [-0.2, 0) is 9.53 Å². The molecule has 2 aromatic carbocycles. The van der Waals surface area contributed by atoms with Crippen molar-refractivity contribution in [1.29, 1.82) is 0 Å². The highest BCUT2D eigenvalue weighted by atomic mass is 16.5. The van der Waals surface area contributed by atoms with Gasteiger partial charge in [-0.2, -0.15) is 0 Å². The molecule has 0 bridgehead atoms. The fourth-order valence-electron chi connectivity index (χ4n) is 3.86. The zero-order valence-corrected chi connectivity index (χ0v) is 17.5. The summed E-state index contributed by atoms with van der Waals surface area (Å²) in [5, 5.41) is 2.76. The molecule has 5 rings (SSSR count). The lowest BCUT2D eigenvalue weighted by atomic mass is 10.1. The first-order chi connectivity index (χ1) is 15.6. The maximum Gasteiger partial charge on any atom is 0.333 e. The smallest absolute Gasteiger partial charge is 0.333 e. The van der Waals surface area contributed by atoms with Crippen LogP contribution in [0.5, 0.6) is 0 Å². The Labute approximate surface area is 183 Å². The zero-order valence-electron chi connectivity index (χ0n) is 17.5. The van der Waals surface area contributed by atoms with Gasteiger partial charge in [0.05, 0.1) is 30.8 Å². The lowest BCUT2D eigenvalue weighted by molar-refractivity contribution is -0.114. The first-order valence-corrected chi connectivity index (χ1v) is 10.4. The molecule has 0 aliphatic carbocycles. The Bertz CT molecular complexity index is 1340. The van der Waals surface area contributed by atoms with Crippen molar-refractivity contribution in [1.82, 2.24) is 19.5 Å². The molecular formula is C23H22N6O3. The molecular weight excluding hydrogens is 408 g/mol. The summed E-state index contributed by atoms with van der Waals surface area (Å²) in [6.07, 6.45) is 1.63. The van der Waals surface area contributed by atoms with E-state index in [0.717, 1.165) is 37.6 Å². The highest BCUT2D eigenvalue weighted by Crippen LogP contribution is 2.23. The van der Waals surface area contributed by atoms with Gasteiger partial charge in [0.2, 0.25) is 5.91 Å². The number of hydrogen-bond donors (Lipinski definition) is 2. The van der Waals surface area contributed by atoms with Gasteiger partial charge in [-0.1, -0.05) is 12.1 Å². The number of aromatic amines is 1. The third-order valence-corrected chi connectivity index (χ3v) is 5.36. The summed E-state index contributed by atoms with van der Waals surface area (Å²) in [5.74, 6) is -0.148. The van der Waals surface area contributed by atoms with E-state index in [-0.39, 0.29) is 11.6 Å². The number of carbonyl (C=O) groups excluding carboxylic acids is 1. The molecule has 162 valence electrons. The average Bonchev–Trinajstić information content (AvgIpc) is 3.14. The van der Waals surface area contributed by atoms with Crippen molar-refractivity contribution in [2.75, 3.05) is 36.5 Å². The quantitative estimate of drug-likeness (QED) is 0.516. The van der Waals surface area contributed by atoms with E-state index < -0.39 is 0 Å². The molecule has 1 amide bonds. The van der Waals surface area contributed by atoms with Crippen molar-refractivity contribution in [3.8, 4) is 16.9 Å². The molecule has 0 radical (unpaired) electrons. The first kappa shape index (κ1) is 20.0. The summed E-state index contributed by atoms with van der Waals surface area (Å²) < 4.78 is 6.92. The molecule has 0 saturated carbocycles. The Morgan fingerprint density at radius 1 is 1.09 bits per heavy atom. The van der Waals surface area contributed by atoms with Crippen LogP contribution in [0.2, 0.25) is 0 Å². The standard InChI is InChI=1S/C23H22N6O3/c1-15(30)25-17-4-2-3-16(13-17)20-14-24-22-21(26-20)27-23(31)29(22)19-7-5-18(6-8-19)28-9-11-32-12-10-28/h2-8,13-14H,9-12H2,1H3,(H,25,30)(H,26,27,31). The number of rotatable bonds is 4. The molecule has 9 nitrogen and oxygen atoms in total. The highest BCUT2D eigenvalue weighted by Gasteiger charge is 2.15. The Balaban J connectivity index is 1.48. The number of imidazole rings is 1. The minimum atomic E-state index is -0.303. The molecule has 9 heteroatoms. The van der Waals surface area contributed by atoms with E-state index >= 15 is 0 Å². The van der Waals surface area contributed by atoms with Crippen LogP contribution < -0.4 is 15.9 Å². The molecule has 1 aliphatic heterocycles. The normalized spacial score (nSPS) is 14.0. The van der Waals surface area contributed by atoms with Crippen LogP contribution in [0.3, 0.4) is 0 Å². The number of benzene rings is 2. The monoisotopic (exact) mass is 430 g/mol. The molecule has 3 heterocycles. The van der Waals surface area contributed by atoms with Gasteiger partial charge in [0.25, 0.3) is 0 Å². The van der Waals surface area contributed by atoms with Gasteiger partial charge in [0, 0.05) is 37.0 Å². The van der Waals surface area contributed by atoms with Crippen molar-refractivity contribution >= 4 is 28.6 Å². The van der Waals surface area contributed by atoms with Gasteiger partial charge in [-0.3, -0.25) is 9.78 Å². The minimum Gasteiger partial charge on any atom is -0.378 e. The minimum absolute atomic E-state index is 0.148. The first-order valence-electron chi connectivity index (χ1n) is 10.4. The fraction of sp³-hybridized carbons (Fsp3) is 0.217. The van der Waals surface area contributed by atoms with Crippen molar-refractivity contribution in [3.63, 3.8) is 0 Å². The predicted molar refractivity (Wildman–Crippen MR) is 122 cm³/mol. The number of aromatic nitrogens is 4. The number of carbonyl (C=O) groups is 1. The van der Waals surface area contributed by atoms with Gasteiger partial charge in [-0.05, 0) is 36.4 Å². The van der Waals surface area contributed by atoms with Crippen LogP contribution in [-0.4, -0.2) is 51.7 Å². The lowest BCUT2D eigenvalue weighted by Crippen LogP contribution is -2.36. The summed E-state index contributed by atoms with van der Waals surface area (Å²) in [6.45, 7) is 4.59. The van der Waals surface area contributed by atoms with Crippen molar-refractivity contribution in [2.24, 2.45) is 0 Å². The van der Waals surface area contributed by atoms with Gasteiger partial charge in [0.15, 0.2) is 11.3 Å². The average molecular weight is 430 g/mol. The van der Waals surface area contributed by atoms with Gasteiger partial charge in [-0.25, -0.2) is 19.3 Å². The number of ether oxygens (including phenoxy) is 1. The summed E-state index contributed by atoms with van der Waals surface area (Å²) >= 11 is 0. The van der Waals surface area contributed by atoms with Crippen molar-refractivity contribution < 1.29 is 9.53 Å². The van der Waals surface area contributed by atoms with Crippen LogP contribution in [0.1, 0.15) is 6.92 Å². The molecule has 0 atom stereocenters. The SMILES string of the molecule is CC(=O)Nc1cccc(-c2cnc3c(n2)[nH]c(=O)n3-c2ccc(N3CCOCC3)cc2)c1. The van der Waals surface area contributed by atoms with Crippen molar-refractivity contribution in [3.05, 3.63) is 65.2 Å². The molecule has 1 aliphatic rings. The van der Waals surface area contributed by atoms with E-state index in [2.05, 4.69) is 25.2 Å². The number of morpholine rings is 1. The summed E-state index contributed by atoms with van der Waals surface area (Å²) in [7, 11) is 0. The largest absolute Gasteiger partial charge is 0.378 e. The number of nitrogens with zero attached hydrogens (tertiary/aromatic N) is 4. The highest BCUT2D eigenvalue weighted by molar-refractivity contribution is 5.89. The Morgan fingerprint density at radius 3 is 2.59 bits per heavy atom. The van der Waals surface area contributed by atoms with Crippen molar-refractivity contribution in [2.45, 2.75) is 6.92 Å². The Morgan fingerprint density at radius 2 is 1.84 bits per heavy atom. The molecule has 1 saturated heterocycles. The second-order valence-electron chi connectivity index (χ2n) is 7.57. The molecule has 0 unspecified atom stereocenters. The van der Waals surface area contributed by atoms with E-state index in [4.69, 9.17) is 4.74 Å². The fourth-order valence-corrected chi connectivity index (χ4v) is 3.86. The second-order valence-corrected chi connectivity index (χ2v) is 7.57. The van der Waals surface area contributed by atoms with Gasteiger partial charge >= 0.3 is 5.69 Å². The van der Waals surface area contributed by atoms with Crippen LogP contribution in [0.4, 0.5) is 11.4 Å². The van der Waals surface area contributed by atoms with Gasteiger partial charge in [-0.15, -0.1) is 0 Å². The lowest BCUT2D eigenvalue weighted by Gasteiger charge is -2.28. The molecule has 4 aromatic rings. The zero-order chi connectivity index (χ0) is 22.1. The number of nitrogens with one attached hydrogen (secondary N) is 2. The van der Waals surface area contributed by atoms with E-state index in [1.54, 1.807) is 12.3 Å². The number of H-pyrrole nitrogens is 1. The molecule has 0 spiro atoms. The van der Waals surface area contributed by atoms with Gasteiger partial charge < -0.3 is 15.0 Å². The molecule has 2 aromatic heterocycles. The van der Waals surface area contributed by atoms with Crippen LogP contribution >= 0.6 is 0 Å². The summed E-state index contributed by atoms with van der Waals surface area (Å²) in [5.41, 5.74) is 4.41. The maximum absolute atomic E-state index is 12.7. The summed E-state index contributed by atoms with van der Waals surface area (Å²) in [4.78, 5) is 38.2. The molecule has 1 fully saturated rings. The predicted octanol–water partition coefficient (Wildman–Crippen LogP) is 2.57. The van der Waals surface area contributed by atoms with E-state index in [0.29, 0.717) is 28.4 Å². The Hall–Kier alpha value is -3.98. The number of fused-ring (bicyclic) bond motifs is 1. The van der Waals surface area contributed by atoms with Crippen LogP contribution in [0.15, 0.2) is 59.5 Å². The van der Waals surface area contributed by atoms with E-state index in [1.807, 2.05) is 42.5 Å². The van der Waals surface area contributed by atoms with Crippen LogP contribution in [0, 0.1) is 0 Å². The van der Waals surface area contributed by atoms with E-state index in [1.165, 1.54) is 11.5 Å². The number of hydrogen-bond acceptors (Lipinski definition) is 6. The van der Waals surface area contributed by atoms with E-state index in [9.17, 15) is 9.59 Å². The third-order valence-electron chi connectivity index (χ3n) is 5.36. The maximum atomic E-state index is 12.7. The molecule has 2 N–H and O–H groups in total. The number of amides is 1. The topological polar surface area (TPSA) is 105 Å². The van der Waals surface area contributed by atoms with Gasteiger partial charge in [0.1, 0.15) is 0 Å².